The minimum Gasteiger partial charge on any atom is -0.396 e. The topological polar surface area (TPSA) is 46.0 Å². The molecule has 1 N–H and O–H groups in total. The van der Waals surface area contributed by atoms with Gasteiger partial charge < -0.3 is 5.11 Å². The van der Waals surface area contributed by atoms with Crippen molar-refractivity contribution >= 4 is 15.9 Å². The third-order valence-corrected chi connectivity index (χ3v) is 2.90. The third kappa shape index (κ3) is 3.11. The van der Waals surface area contributed by atoms with E-state index in [1.54, 1.807) is 0 Å². The van der Waals surface area contributed by atoms with Crippen molar-refractivity contribution in [1.29, 1.82) is 0 Å². The average Bonchev–Trinajstić information content (AvgIpc) is 2.29. The van der Waals surface area contributed by atoms with E-state index in [4.69, 9.17) is 5.11 Å². The van der Waals surface area contributed by atoms with Gasteiger partial charge >= 0.3 is 0 Å². The van der Waals surface area contributed by atoms with Crippen molar-refractivity contribution in [2.75, 3.05) is 6.61 Å². The summed E-state index contributed by atoms with van der Waals surface area (Å²) in [6.45, 7) is 2.01. The quantitative estimate of drug-likeness (QED) is 0.946. The highest BCUT2D eigenvalue weighted by Gasteiger charge is 2.04. The summed E-state index contributed by atoms with van der Waals surface area (Å²) in [7, 11) is 0. The summed E-state index contributed by atoms with van der Waals surface area (Å²) in [6, 6.07) is 9.93. The van der Waals surface area contributed by atoms with Crippen LogP contribution in [0.25, 0.3) is 11.3 Å². The Kier molecular flexibility index (Phi) is 3.86. The van der Waals surface area contributed by atoms with Crippen molar-refractivity contribution in [2.45, 2.75) is 13.3 Å². The lowest BCUT2D eigenvalue weighted by atomic mass is 10.1. The number of nitrogens with zero attached hydrogens (tertiary/aromatic N) is 2. The number of benzene rings is 1. The minimum atomic E-state index is 0.0726. The van der Waals surface area contributed by atoms with E-state index in [1.807, 2.05) is 37.3 Å². The van der Waals surface area contributed by atoms with Crippen LogP contribution in [0.4, 0.5) is 0 Å². The second-order valence-corrected chi connectivity index (χ2v) is 4.71. The molecule has 4 heteroatoms. The molecule has 0 aliphatic carbocycles. The number of rotatable bonds is 3. The molecule has 0 aliphatic heterocycles. The fourth-order valence-corrected chi connectivity index (χ4v) is 1.87. The Balaban J connectivity index is 2.40. The first-order chi connectivity index (χ1) is 8.19. The molecule has 2 rings (SSSR count). The van der Waals surface area contributed by atoms with Crippen LogP contribution in [0.15, 0.2) is 34.8 Å². The van der Waals surface area contributed by atoms with Crippen molar-refractivity contribution in [2.24, 2.45) is 0 Å². The minimum absolute atomic E-state index is 0.0726. The van der Waals surface area contributed by atoms with Gasteiger partial charge in [0.25, 0.3) is 0 Å². The Labute approximate surface area is 109 Å². The summed E-state index contributed by atoms with van der Waals surface area (Å²) in [4.78, 5) is 8.72. The summed E-state index contributed by atoms with van der Waals surface area (Å²) < 4.78 is 1.04. The highest BCUT2D eigenvalue weighted by atomic mass is 79.9. The molecule has 0 radical (unpaired) electrons. The molecule has 0 unspecified atom stereocenters. The van der Waals surface area contributed by atoms with Gasteiger partial charge in [-0.25, -0.2) is 9.97 Å². The standard InChI is InChI=1S/C13H13BrN2O/c1-9-8-12(16-13(15-9)6-7-17)10-2-4-11(14)5-3-10/h2-5,8,17H,6-7H2,1H3. The Bertz CT molecular complexity index is 511. The number of halogens is 1. The van der Waals surface area contributed by atoms with Gasteiger partial charge in [0.1, 0.15) is 5.82 Å². The number of hydrogen-bond acceptors (Lipinski definition) is 3. The Hall–Kier alpha value is -1.26. The van der Waals surface area contributed by atoms with Crippen molar-refractivity contribution in [3.05, 3.63) is 46.3 Å². The van der Waals surface area contributed by atoms with Crippen LogP contribution < -0.4 is 0 Å². The molecule has 0 spiro atoms. The summed E-state index contributed by atoms with van der Waals surface area (Å²) >= 11 is 3.41. The van der Waals surface area contributed by atoms with Crippen LogP contribution in [0.5, 0.6) is 0 Å². The van der Waals surface area contributed by atoms with Crippen LogP contribution in [0.2, 0.25) is 0 Å². The van der Waals surface area contributed by atoms with Crippen molar-refractivity contribution < 1.29 is 5.11 Å². The predicted molar refractivity (Wildman–Crippen MR) is 70.7 cm³/mol. The first kappa shape index (κ1) is 12.2. The summed E-state index contributed by atoms with van der Waals surface area (Å²) in [5, 5.41) is 8.92. The van der Waals surface area contributed by atoms with Crippen molar-refractivity contribution in [1.82, 2.24) is 9.97 Å². The van der Waals surface area contributed by atoms with Gasteiger partial charge in [0.2, 0.25) is 0 Å². The molecular formula is C13H13BrN2O. The molecule has 1 aromatic carbocycles. The maximum Gasteiger partial charge on any atom is 0.131 e. The van der Waals surface area contributed by atoms with Crippen LogP contribution in [-0.2, 0) is 6.42 Å². The van der Waals surface area contributed by atoms with E-state index in [0.717, 1.165) is 21.4 Å². The first-order valence-corrected chi connectivity index (χ1v) is 6.19. The SMILES string of the molecule is Cc1cc(-c2ccc(Br)cc2)nc(CCO)n1. The summed E-state index contributed by atoms with van der Waals surface area (Å²) in [5.74, 6) is 0.686. The molecule has 0 atom stereocenters. The van der Waals surface area contributed by atoms with Gasteiger partial charge in [-0.05, 0) is 25.1 Å². The second kappa shape index (κ2) is 5.38. The Morgan fingerprint density at radius 3 is 2.53 bits per heavy atom. The summed E-state index contributed by atoms with van der Waals surface area (Å²) in [6.07, 6.45) is 0.491. The molecule has 0 amide bonds. The molecule has 3 nitrogen and oxygen atoms in total. The van der Waals surface area contributed by atoms with Crippen LogP contribution in [0.3, 0.4) is 0 Å². The molecule has 0 fully saturated rings. The van der Waals surface area contributed by atoms with Gasteiger partial charge in [-0.2, -0.15) is 0 Å². The number of aliphatic hydroxyl groups is 1. The molecular weight excluding hydrogens is 280 g/mol. The maximum absolute atomic E-state index is 8.92. The van der Waals surface area contributed by atoms with Gasteiger partial charge in [0.15, 0.2) is 0 Å². The van der Waals surface area contributed by atoms with E-state index in [9.17, 15) is 0 Å². The zero-order valence-electron chi connectivity index (χ0n) is 9.52. The summed E-state index contributed by atoms with van der Waals surface area (Å²) in [5.41, 5.74) is 2.87. The molecule has 0 bridgehead atoms. The van der Waals surface area contributed by atoms with Gasteiger partial charge in [-0.3, -0.25) is 0 Å². The van der Waals surface area contributed by atoms with E-state index >= 15 is 0 Å². The zero-order valence-corrected chi connectivity index (χ0v) is 11.1. The molecule has 88 valence electrons. The molecule has 17 heavy (non-hydrogen) atoms. The largest absolute Gasteiger partial charge is 0.396 e. The number of hydrogen-bond donors (Lipinski definition) is 1. The van der Waals surface area contributed by atoms with Gasteiger partial charge in [0.05, 0.1) is 12.3 Å². The van der Waals surface area contributed by atoms with Crippen LogP contribution >= 0.6 is 15.9 Å². The van der Waals surface area contributed by atoms with Crippen LogP contribution in [0.1, 0.15) is 11.5 Å². The van der Waals surface area contributed by atoms with Crippen molar-refractivity contribution in [3.63, 3.8) is 0 Å². The first-order valence-electron chi connectivity index (χ1n) is 5.40. The molecule has 2 aromatic rings. The van der Waals surface area contributed by atoms with E-state index in [2.05, 4.69) is 25.9 Å². The van der Waals surface area contributed by atoms with E-state index in [0.29, 0.717) is 12.2 Å². The van der Waals surface area contributed by atoms with Crippen LogP contribution in [-0.4, -0.2) is 21.7 Å². The lowest BCUT2D eigenvalue weighted by Gasteiger charge is -2.05. The second-order valence-electron chi connectivity index (χ2n) is 3.79. The lowest BCUT2D eigenvalue weighted by Crippen LogP contribution is -2.01. The smallest absolute Gasteiger partial charge is 0.131 e. The zero-order chi connectivity index (χ0) is 12.3. The molecule has 0 saturated heterocycles. The highest BCUT2D eigenvalue weighted by molar-refractivity contribution is 9.10. The van der Waals surface area contributed by atoms with E-state index in [-0.39, 0.29) is 6.61 Å². The van der Waals surface area contributed by atoms with Crippen LogP contribution in [0, 0.1) is 6.92 Å². The Morgan fingerprint density at radius 1 is 1.18 bits per heavy atom. The van der Waals surface area contributed by atoms with Gasteiger partial charge in [-0.15, -0.1) is 0 Å². The number of aliphatic hydroxyl groups excluding tert-OH is 1. The third-order valence-electron chi connectivity index (χ3n) is 2.38. The maximum atomic E-state index is 8.92. The Morgan fingerprint density at radius 2 is 1.88 bits per heavy atom. The number of aromatic nitrogens is 2. The molecule has 0 saturated carbocycles. The van der Waals surface area contributed by atoms with E-state index < -0.39 is 0 Å². The predicted octanol–water partition coefficient (Wildman–Crippen LogP) is 2.75. The van der Waals surface area contributed by atoms with Gasteiger partial charge in [0, 0.05) is 22.2 Å². The fourth-order valence-electron chi connectivity index (χ4n) is 1.61. The highest BCUT2D eigenvalue weighted by Crippen LogP contribution is 2.20. The lowest BCUT2D eigenvalue weighted by molar-refractivity contribution is 0.296. The monoisotopic (exact) mass is 292 g/mol. The number of aryl methyl sites for hydroxylation is 1. The van der Waals surface area contributed by atoms with Gasteiger partial charge in [-0.1, -0.05) is 28.1 Å². The van der Waals surface area contributed by atoms with E-state index in [1.165, 1.54) is 0 Å². The van der Waals surface area contributed by atoms with Crippen molar-refractivity contribution in [3.8, 4) is 11.3 Å². The average molecular weight is 293 g/mol. The molecule has 1 heterocycles. The fraction of sp³-hybridized carbons (Fsp3) is 0.231. The molecule has 0 aliphatic rings. The normalized spacial score (nSPS) is 10.5. The molecule has 1 aromatic heterocycles.